The van der Waals surface area contributed by atoms with E-state index in [0.29, 0.717) is 6.42 Å². The van der Waals surface area contributed by atoms with Gasteiger partial charge in [-0.3, -0.25) is 14.4 Å². The average Bonchev–Trinajstić information content (AvgIpc) is 2.57. The van der Waals surface area contributed by atoms with E-state index in [1.54, 1.807) is 0 Å². The molecule has 2 rings (SSSR count). The number of nitrogens with one attached hydrogen (secondary N) is 1. The Bertz CT molecular complexity index is 644. The highest BCUT2D eigenvalue weighted by Gasteiger charge is 2.31. The summed E-state index contributed by atoms with van der Waals surface area (Å²) in [6, 6.07) is 6.72. The van der Waals surface area contributed by atoms with Crippen molar-refractivity contribution < 1.29 is 14.4 Å². The van der Waals surface area contributed by atoms with E-state index in [1.807, 2.05) is 38.1 Å². The smallest absolute Gasteiger partial charge is 0.246 e. The Morgan fingerprint density at radius 3 is 2.58 bits per heavy atom. The Kier molecular flexibility index (Phi) is 5.56. The number of primary amides is 1. The molecule has 1 aromatic carbocycles. The van der Waals surface area contributed by atoms with Crippen molar-refractivity contribution in [1.82, 2.24) is 5.32 Å². The molecule has 130 valence electrons. The molecule has 2 atom stereocenters. The van der Waals surface area contributed by atoms with Crippen molar-refractivity contribution in [1.29, 1.82) is 0 Å². The van der Waals surface area contributed by atoms with E-state index in [1.165, 1.54) is 4.90 Å². The van der Waals surface area contributed by atoms with Crippen LogP contribution in [0.4, 0.5) is 5.69 Å². The van der Waals surface area contributed by atoms with Crippen LogP contribution in [0.3, 0.4) is 0 Å². The van der Waals surface area contributed by atoms with Gasteiger partial charge in [-0.25, -0.2) is 0 Å². The third-order valence-corrected chi connectivity index (χ3v) is 4.29. The molecule has 0 aliphatic carbocycles. The third kappa shape index (κ3) is 3.91. The standard InChI is InChI=1S/C17H24N4O3/c1-10(2)15(18)17(24)20-8-14(22)21-9-12(16(19)23)7-11-5-3-4-6-13(11)21/h3-6,10,12,15H,7-9,18H2,1-2H3,(H2,19,23)(H,20,24)/t12?,15-/m0/s1. The Balaban J connectivity index is 2.10. The summed E-state index contributed by atoms with van der Waals surface area (Å²) in [4.78, 5) is 37.5. The first kappa shape index (κ1) is 17.9. The van der Waals surface area contributed by atoms with Gasteiger partial charge in [-0.2, -0.15) is 0 Å². The van der Waals surface area contributed by atoms with Crippen molar-refractivity contribution in [3.05, 3.63) is 29.8 Å². The number of anilines is 1. The fraction of sp³-hybridized carbons (Fsp3) is 0.471. The molecule has 5 N–H and O–H groups in total. The summed E-state index contributed by atoms with van der Waals surface area (Å²) in [5, 5.41) is 2.56. The molecule has 7 nitrogen and oxygen atoms in total. The third-order valence-electron chi connectivity index (χ3n) is 4.29. The van der Waals surface area contributed by atoms with Gasteiger partial charge in [0.05, 0.1) is 18.5 Å². The van der Waals surface area contributed by atoms with Gasteiger partial charge in [-0.1, -0.05) is 32.0 Å². The molecule has 1 unspecified atom stereocenters. The van der Waals surface area contributed by atoms with Gasteiger partial charge in [0.15, 0.2) is 0 Å². The van der Waals surface area contributed by atoms with Crippen molar-refractivity contribution in [3.63, 3.8) is 0 Å². The summed E-state index contributed by atoms with van der Waals surface area (Å²) in [7, 11) is 0. The lowest BCUT2D eigenvalue weighted by molar-refractivity contribution is -0.127. The molecular weight excluding hydrogens is 308 g/mol. The second-order valence-electron chi connectivity index (χ2n) is 6.42. The zero-order chi connectivity index (χ0) is 17.9. The van der Waals surface area contributed by atoms with Crippen LogP contribution in [-0.4, -0.2) is 36.9 Å². The van der Waals surface area contributed by atoms with E-state index in [-0.39, 0.29) is 30.8 Å². The Hall–Kier alpha value is -2.41. The molecule has 0 saturated carbocycles. The molecular formula is C17H24N4O3. The first-order valence-corrected chi connectivity index (χ1v) is 8.02. The lowest BCUT2D eigenvalue weighted by Crippen LogP contribution is -2.50. The fourth-order valence-electron chi connectivity index (χ4n) is 2.70. The average molecular weight is 332 g/mol. The predicted octanol–water partition coefficient (Wildman–Crippen LogP) is -0.223. The van der Waals surface area contributed by atoms with Gasteiger partial charge >= 0.3 is 0 Å². The van der Waals surface area contributed by atoms with Gasteiger partial charge < -0.3 is 21.7 Å². The van der Waals surface area contributed by atoms with Crippen molar-refractivity contribution in [2.45, 2.75) is 26.3 Å². The molecule has 1 aliphatic rings. The van der Waals surface area contributed by atoms with Crippen LogP contribution in [0, 0.1) is 11.8 Å². The number of nitrogens with zero attached hydrogens (tertiary/aromatic N) is 1. The predicted molar refractivity (Wildman–Crippen MR) is 91.0 cm³/mol. The summed E-state index contributed by atoms with van der Waals surface area (Å²) in [6.07, 6.45) is 0.514. The fourth-order valence-corrected chi connectivity index (χ4v) is 2.70. The van der Waals surface area contributed by atoms with Gasteiger partial charge in [0.25, 0.3) is 0 Å². The van der Waals surface area contributed by atoms with Gasteiger partial charge in [-0.15, -0.1) is 0 Å². The van der Waals surface area contributed by atoms with Crippen molar-refractivity contribution >= 4 is 23.4 Å². The highest BCUT2D eigenvalue weighted by Crippen LogP contribution is 2.29. The Morgan fingerprint density at radius 1 is 1.29 bits per heavy atom. The van der Waals surface area contributed by atoms with Crippen LogP contribution >= 0.6 is 0 Å². The van der Waals surface area contributed by atoms with Crippen LogP contribution in [0.5, 0.6) is 0 Å². The molecule has 1 aromatic rings. The monoisotopic (exact) mass is 332 g/mol. The molecule has 0 fully saturated rings. The van der Waals surface area contributed by atoms with E-state index >= 15 is 0 Å². The molecule has 0 spiro atoms. The van der Waals surface area contributed by atoms with E-state index in [0.717, 1.165) is 11.3 Å². The van der Waals surface area contributed by atoms with Crippen LogP contribution in [0.2, 0.25) is 0 Å². The van der Waals surface area contributed by atoms with Crippen molar-refractivity contribution in [3.8, 4) is 0 Å². The van der Waals surface area contributed by atoms with Crippen LogP contribution in [0.15, 0.2) is 24.3 Å². The second kappa shape index (κ2) is 7.44. The number of amides is 3. The molecule has 0 aromatic heterocycles. The van der Waals surface area contributed by atoms with Crippen LogP contribution in [-0.2, 0) is 20.8 Å². The van der Waals surface area contributed by atoms with Crippen LogP contribution < -0.4 is 21.7 Å². The molecule has 1 aliphatic heterocycles. The second-order valence-corrected chi connectivity index (χ2v) is 6.42. The minimum absolute atomic E-state index is 0.0185. The summed E-state index contributed by atoms with van der Waals surface area (Å²) < 4.78 is 0. The maximum Gasteiger partial charge on any atom is 0.246 e. The normalized spacial score (nSPS) is 18.0. The number of para-hydroxylation sites is 1. The lowest BCUT2D eigenvalue weighted by Gasteiger charge is -2.33. The SMILES string of the molecule is CC(C)[C@H](N)C(=O)NCC(=O)N1CC(C(N)=O)Cc2ccccc21. The zero-order valence-electron chi connectivity index (χ0n) is 14.0. The lowest BCUT2D eigenvalue weighted by atomic mass is 9.92. The minimum Gasteiger partial charge on any atom is -0.369 e. The van der Waals surface area contributed by atoms with E-state index < -0.39 is 17.9 Å². The van der Waals surface area contributed by atoms with Gasteiger partial charge in [0.2, 0.25) is 17.7 Å². The number of carbonyl (C=O) groups is 3. The number of rotatable bonds is 5. The number of carbonyl (C=O) groups excluding carboxylic acids is 3. The number of fused-ring (bicyclic) bond motifs is 1. The first-order chi connectivity index (χ1) is 11.3. The zero-order valence-corrected chi connectivity index (χ0v) is 14.0. The Morgan fingerprint density at radius 2 is 1.96 bits per heavy atom. The highest BCUT2D eigenvalue weighted by atomic mass is 16.2. The number of hydrogen-bond acceptors (Lipinski definition) is 4. The summed E-state index contributed by atoms with van der Waals surface area (Å²) in [6.45, 7) is 3.73. The first-order valence-electron chi connectivity index (χ1n) is 8.02. The number of benzene rings is 1. The summed E-state index contributed by atoms with van der Waals surface area (Å²) >= 11 is 0. The molecule has 0 radical (unpaired) electrons. The maximum atomic E-state index is 12.5. The molecule has 3 amide bonds. The number of hydrogen-bond donors (Lipinski definition) is 3. The van der Waals surface area contributed by atoms with Gasteiger partial charge in [0, 0.05) is 12.2 Å². The summed E-state index contributed by atoms with van der Waals surface area (Å²) in [5.41, 5.74) is 12.8. The van der Waals surface area contributed by atoms with Crippen LogP contribution in [0.1, 0.15) is 19.4 Å². The van der Waals surface area contributed by atoms with Crippen molar-refractivity contribution in [2.75, 3.05) is 18.0 Å². The maximum absolute atomic E-state index is 12.5. The van der Waals surface area contributed by atoms with E-state index in [2.05, 4.69) is 5.32 Å². The largest absolute Gasteiger partial charge is 0.369 e. The number of nitrogens with two attached hydrogens (primary N) is 2. The quantitative estimate of drug-likeness (QED) is 0.690. The van der Waals surface area contributed by atoms with E-state index in [4.69, 9.17) is 11.5 Å². The molecule has 7 heteroatoms. The topological polar surface area (TPSA) is 119 Å². The summed E-state index contributed by atoms with van der Waals surface area (Å²) in [5.74, 6) is -1.55. The molecule has 0 saturated heterocycles. The minimum atomic E-state index is -0.662. The van der Waals surface area contributed by atoms with Gasteiger partial charge in [0.1, 0.15) is 0 Å². The van der Waals surface area contributed by atoms with Crippen molar-refractivity contribution in [2.24, 2.45) is 23.3 Å². The Labute approximate surface area is 141 Å². The van der Waals surface area contributed by atoms with Crippen LogP contribution in [0.25, 0.3) is 0 Å². The highest BCUT2D eigenvalue weighted by molar-refractivity contribution is 5.99. The molecule has 1 heterocycles. The molecule has 0 bridgehead atoms. The van der Waals surface area contributed by atoms with Gasteiger partial charge in [-0.05, 0) is 24.0 Å². The molecule has 24 heavy (non-hydrogen) atoms. The van der Waals surface area contributed by atoms with E-state index in [9.17, 15) is 14.4 Å².